The quantitative estimate of drug-likeness (QED) is 0.377. The molecule has 3 heterocycles. The van der Waals surface area contributed by atoms with Crippen LogP contribution in [0.1, 0.15) is 47.2 Å². The van der Waals surface area contributed by atoms with Gasteiger partial charge in [-0.25, -0.2) is 5.01 Å². The first-order valence-corrected chi connectivity index (χ1v) is 10.6. The van der Waals surface area contributed by atoms with Gasteiger partial charge in [-0.2, -0.15) is 5.10 Å². The minimum atomic E-state index is -0.770. The number of rotatable bonds is 5. The van der Waals surface area contributed by atoms with Crippen molar-refractivity contribution >= 4 is 29.1 Å². The number of carbonyl (C=O) groups is 1. The minimum absolute atomic E-state index is 0.168. The van der Waals surface area contributed by atoms with E-state index in [0.29, 0.717) is 17.2 Å². The van der Waals surface area contributed by atoms with E-state index >= 15 is 0 Å². The predicted molar refractivity (Wildman–Crippen MR) is 119 cm³/mol. The molecule has 5 rings (SSSR count). The van der Waals surface area contributed by atoms with Crippen molar-refractivity contribution in [3.63, 3.8) is 0 Å². The van der Waals surface area contributed by atoms with Gasteiger partial charge in [-0.05, 0) is 55.2 Å². The average molecular weight is 462 g/mol. The monoisotopic (exact) mass is 462 g/mol. The van der Waals surface area contributed by atoms with E-state index in [1.165, 1.54) is 11.3 Å². The zero-order valence-electron chi connectivity index (χ0n) is 17.7. The first-order valence-electron chi connectivity index (χ1n) is 10.6. The van der Waals surface area contributed by atoms with Gasteiger partial charge in [0.15, 0.2) is 0 Å². The van der Waals surface area contributed by atoms with Gasteiger partial charge in [0.25, 0.3) is 17.3 Å². The fourth-order valence-corrected chi connectivity index (χ4v) is 4.51. The maximum atomic E-state index is 13.6. The van der Waals surface area contributed by atoms with Crippen LogP contribution >= 0.6 is 0 Å². The highest BCUT2D eigenvalue weighted by molar-refractivity contribution is 6.09. The largest absolute Gasteiger partial charge is 0.467 e. The second kappa shape index (κ2) is 8.43. The maximum Gasteiger partial charge on any atom is 0.277 e. The molecule has 34 heavy (non-hydrogen) atoms. The molecule has 1 fully saturated rings. The van der Waals surface area contributed by atoms with Crippen LogP contribution in [-0.2, 0) is 0 Å². The van der Waals surface area contributed by atoms with E-state index in [2.05, 4.69) is 5.10 Å². The van der Waals surface area contributed by atoms with Gasteiger partial charge >= 0.3 is 0 Å². The number of benzene rings is 1. The predicted octanol–water partition coefficient (Wildman–Crippen LogP) is 5.13. The summed E-state index contributed by atoms with van der Waals surface area (Å²) in [6, 6.07) is 9.32. The van der Waals surface area contributed by atoms with Crippen LogP contribution in [0.4, 0.5) is 11.4 Å². The molecule has 11 heteroatoms. The molecule has 2 unspecified atom stereocenters. The molecular weight excluding hydrogens is 444 g/mol. The number of hydrogen-bond donors (Lipinski definition) is 0. The number of furan rings is 2. The van der Waals surface area contributed by atoms with E-state index in [9.17, 15) is 25.0 Å². The van der Waals surface area contributed by atoms with Crippen LogP contribution in [0.3, 0.4) is 0 Å². The third-order valence-corrected chi connectivity index (χ3v) is 5.98. The van der Waals surface area contributed by atoms with Crippen molar-refractivity contribution in [3.05, 3.63) is 97.9 Å². The lowest BCUT2D eigenvalue weighted by Crippen LogP contribution is -2.31. The third-order valence-electron chi connectivity index (χ3n) is 5.98. The summed E-state index contributed by atoms with van der Waals surface area (Å²) in [4.78, 5) is 34.7. The van der Waals surface area contributed by atoms with E-state index in [4.69, 9.17) is 8.83 Å². The number of hydrazone groups is 1. The van der Waals surface area contributed by atoms with E-state index in [1.807, 2.05) is 12.1 Å². The second-order valence-electron chi connectivity index (χ2n) is 8.03. The van der Waals surface area contributed by atoms with Crippen molar-refractivity contribution in [1.82, 2.24) is 5.01 Å². The summed E-state index contributed by atoms with van der Waals surface area (Å²) in [5.41, 5.74) is 0.335. The van der Waals surface area contributed by atoms with Crippen molar-refractivity contribution in [2.24, 2.45) is 11.0 Å². The Kier molecular flexibility index (Phi) is 5.28. The number of amides is 1. The van der Waals surface area contributed by atoms with Crippen LogP contribution in [0.25, 0.3) is 6.08 Å². The number of carbonyl (C=O) groups excluding carboxylic acids is 1. The van der Waals surface area contributed by atoms with E-state index < -0.39 is 33.2 Å². The second-order valence-corrected chi connectivity index (χ2v) is 8.03. The number of allylic oxidation sites excluding steroid dienone is 1. The first-order chi connectivity index (χ1) is 16.4. The van der Waals surface area contributed by atoms with Gasteiger partial charge in [0, 0.05) is 18.1 Å². The molecule has 2 aliphatic rings. The molecule has 0 saturated heterocycles. The highest BCUT2D eigenvalue weighted by Crippen LogP contribution is 2.45. The Hall–Kier alpha value is -4.54. The normalized spacial score (nSPS) is 20.8. The summed E-state index contributed by atoms with van der Waals surface area (Å²) in [6.07, 6.45) is 7.30. The summed E-state index contributed by atoms with van der Waals surface area (Å²) in [7, 11) is 0. The zero-order chi connectivity index (χ0) is 23.8. The molecule has 1 saturated carbocycles. The molecule has 2 aromatic heterocycles. The Labute approximate surface area is 192 Å². The summed E-state index contributed by atoms with van der Waals surface area (Å²) in [5.74, 6) is 0.314. The Balaban J connectivity index is 1.60. The zero-order valence-corrected chi connectivity index (χ0v) is 17.7. The van der Waals surface area contributed by atoms with Crippen LogP contribution in [0, 0.1) is 26.1 Å². The molecule has 0 bridgehead atoms. The fourth-order valence-electron chi connectivity index (χ4n) is 4.51. The Morgan fingerprint density at radius 1 is 1.06 bits per heavy atom. The average Bonchev–Trinajstić information content (AvgIpc) is 3.59. The third kappa shape index (κ3) is 3.76. The van der Waals surface area contributed by atoms with E-state index in [0.717, 1.165) is 43.0 Å². The molecule has 1 aliphatic heterocycles. The summed E-state index contributed by atoms with van der Waals surface area (Å²) < 4.78 is 11.1. The number of nitrogens with zero attached hydrogens (tertiary/aromatic N) is 4. The lowest BCUT2D eigenvalue weighted by Gasteiger charge is -2.27. The van der Waals surface area contributed by atoms with Crippen LogP contribution in [0.5, 0.6) is 0 Å². The van der Waals surface area contributed by atoms with Crippen molar-refractivity contribution in [2.45, 2.75) is 25.3 Å². The van der Waals surface area contributed by atoms with Gasteiger partial charge < -0.3 is 8.83 Å². The maximum absolute atomic E-state index is 13.6. The van der Waals surface area contributed by atoms with Gasteiger partial charge in [-0.1, -0.05) is 0 Å². The minimum Gasteiger partial charge on any atom is -0.467 e. The Bertz CT molecular complexity index is 1290. The van der Waals surface area contributed by atoms with Gasteiger partial charge in [0.2, 0.25) is 0 Å². The first kappa shape index (κ1) is 21.3. The number of non-ortho nitro benzene ring substituents is 2. The number of nitro benzene ring substituents is 2. The molecule has 0 radical (unpaired) electrons. The number of hydrogen-bond acceptors (Lipinski definition) is 8. The van der Waals surface area contributed by atoms with Crippen LogP contribution in [-0.4, -0.2) is 26.5 Å². The molecule has 1 aliphatic carbocycles. The van der Waals surface area contributed by atoms with E-state index in [1.54, 1.807) is 24.5 Å². The molecular formula is C23H18N4O7. The van der Waals surface area contributed by atoms with Crippen molar-refractivity contribution in [2.75, 3.05) is 0 Å². The lowest BCUT2D eigenvalue weighted by molar-refractivity contribution is -0.394. The number of fused-ring (bicyclic) bond motifs is 1. The topological polar surface area (TPSA) is 145 Å². The molecule has 0 N–H and O–H groups in total. The molecule has 1 aromatic carbocycles. The molecule has 2 atom stereocenters. The molecule has 172 valence electrons. The molecule has 0 spiro atoms. The van der Waals surface area contributed by atoms with Gasteiger partial charge in [0.1, 0.15) is 17.6 Å². The lowest BCUT2D eigenvalue weighted by atomic mass is 9.79. The van der Waals surface area contributed by atoms with Crippen LogP contribution in [0.15, 0.2) is 74.5 Å². The smallest absolute Gasteiger partial charge is 0.277 e. The van der Waals surface area contributed by atoms with Crippen molar-refractivity contribution < 1.29 is 23.5 Å². The summed E-state index contributed by atoms with van der Waals surface area (Å²) in [6.45, 7) is 0. The molecule has 1 amide bonds. The summed E-state index contributed by atoms with van der Waals surface area (Å²) >= 11 is 0. The highest BCUT2D eigenvalue weighted by Gasteiger charge is 2.45. The molecule has 3 aromatic rings. The summed E-state index contributed by atoms with van der Waals surface area (Å²) in [5, 5.41) is 28.5. The fraction of sp³-hybridized carbons (Fsp3) is 0.217. The van der Waals surface area contributed by atoms with Crippen LogP contribution < -0.4 is 0 Å². The Morgan fingerprint density at radius 2 is 1.76 bits per heavy atom. The SMILES string of the molecule is O=C(c1cc([N+](=O)[O-])cc([N+](=O)[O-])c1)N1N=C2C(=Cc3ccco3)CCCC2C1c1ccco1. The molecule has 11 nitrogen and oxygen atoms in total. The van der Waals surface area contributed by atoms with Gasteiger partial charge in [-0.3, -0.25) is 25.0 Å². The van der Waals surface area contributed by atoms with Gasteiger partial charge in [-0.15, -0.1) is 0 Å². The van der Waals surface area contributed by atoms with Gasteiger partial charge in [0.05, 0.1) is 39.7 Å². The van der Waals surface area contributed by atoms with Crippen LogP contribution in [0.2, 0.25) is 0 Å². The van der Waals surface area contributed by atoms with E-state index in [-0.39, 0.29) is 11.5 Å². The highest BCUT2D eigenvalue weighted by atomic mass is 16.6. The van der Waals surface area contributed by atoms with Crippen molar-refractivity contribution in [1.29, 1.82) is 0 Å². The standard InChI is InChI=1S/C23H18N4O7/c28-23(15-10-16(26(29)30)13-17(11-15)27(31)32)25-22(20-7-3-9-34-20)19-6-1-4-14(21(19)24-25)12-18-5-2-8-33-18/h2-3,5,7-13,19,22H,1,4,6H2. The Morgan fingerprint density at radius 3 is 2.38 bits per heavy atom. The van der Waals surface area contributed by atoms with Crippen molar-refractivity contribution in [3.8, 4) is 0 Å². The number of nitro groups is 2.